The topological polar surface area (TPSA) is 103 Å². The van der Waals surface area contributed by atoms with Gasteiger partial charge in [0.1, 0.15) is 28.0 Å². The summed E-state index contributed by atoms with van der Waals surface area (Å²) in [6.45, 7) is 3.80. The fourth-order valence-electron chi connectivity index (χ4n) is 2.58. The molecule has 0 saturated heterocycles. The predicted molar refractivity (Wildman–Crippen MR) is 120 cm³/mol. The summed E-state index contributed by atoms with van der Waals surface area (Å²) in [5.41, 5.74) is 2.61. The second kappa shape index (κ2) is 10.9. The molecule has 1 aromatic carbocycles. The molecule has 2 aromatic heterocycles. The number of aryl methyl sites for hydroxylation is 1. The molecule has 0 aliphatic rings. The van der Waals surface area contributed by atoms with Crippen molar-refractivity contribution < 1.29 is 19.1 Å². The van der Waals surface area contributed by atoms with Crippen molar-refractivity contribution in [1.82, 2.24) is 20.5 Å². The zero-order chi connectivity index (χ0) is 22.2. The number of methoxy groups -OCH3 is 1. The van der Waals surface area contributed by atoms with E-state index in [9.17, 15) is 9.59 Å². The Morgan fingerprint density at radius 1 is 1.13 bits per heavy atom. The van der Waals surface area contributed by atoms with Crippen LogP contribution in [0.5, 0.6) is 5.75 Å². The van der Waals surface area contributed by atoms with Crippen LogP contribution in [-0.4, -0.2) is 53.1 Å². The summed E-state index contributed by atoms with van der Waals surface area (Å²) in [6, 6.07) is 11.4. The third-order valence-electron chi connectivity index (χ3n) is 4.09. The van der Waals surface area contributed by atoms with Crippen LogP contribution < -0.4 is 10.1 Å². The lowest BCUT2D eigenvalue weighted by Gasteiger charge is -2.04. The fraction of sp³-hybridized carbons (Fsp3) is 0.286. The first-order valence-corrected chi connectivity index (χ1v) is 11.3. The molecule has 8 nitrogen and oxygen atoms in total. The van der Waals surface area contributed by atoms with Crippen molar-refractivity contribution in [2.45, 2.75) is 18.9 Å². The van der Waals surface area contributed by atoms with Gasteiger partial charge in [-0.3, -0.25) is 9.59 Å². The summed E-state index contributed by atoms with van der Waals surface area (Å²) in [7, 11) is 1.64. The molecule has 2 heterocycles. The SMILES string of the molecule is CCOC(=O)CNC(=O)CSc1ccc(-c2sc(-c3ccc(OC)cc3)nc2C)nn1. The number of carbonyl (C=O) groups excluding carboxylic acids is 2. The van der Waals surface area contributed by atoms with Crippen LogP contribution in [0.25, 0.3) is 21.1 Å². The minimum absolute atomic E-state index is 0.134. The molecule has 0 unspecified atom stereocenters. The van der Waals surface area contributed by atoms with Crippen molar-refractivity contribution in [2.24, 2.45) is 0 Å². The maximum atomic E-state index is 11.8. The maximum Gasteiger partial charge on any atom is 0.325 e. The molecule has 3 aromatic rings. The monoisotopic (exact) mass is 458 g/mol. The molecule has 3 rings (SSSR count). The number of thioether (sulfide) groups is 1. The van der Waals surface area contributed by atoms with Crippen molar-refractivity contribution in [2.75, 3.05) is 26.0 Å². The molecule has 0 atom stereocenters. The quantitative estimate of drug-likeness (QED) is 0.385. The third-order valence-corrected chi connectivity index (χ3v) is 6.24. The molecule has 0 aliphatic carbocycles. The van der Waals surface area contributed by atoms with E-state index in [1.54, 1.807) is 25.4 Å². The summed E-state index contributed by atoms with van der Waals surface area (Å²) < 4.78 is 9.97. The van der Waals surface area contributed by atoms with Gasteiger partial charge in [-0.15, -0.1) is 21.5 Å². The van der Waals surface area contributed by atoms with Gasteiger partial charge in [-0.1, -0.05) is 11.8 Å². The molecule has 0 saturated carbocycles. The number of esters is 1. The second-order valence-corrected chi connectivity index (χ2v) is 8.28. The first kappa shape index (κ1) is 22.7. The largest absolute Gasteiger partial charge is 0.497 e. The molecule has 1 N–H and O–H groups in total. The summed E-state index contributed by atoms with van der Waals surface area (Å²) in [6.07, 6.45) is 0. The van der Waals surface area contributed by atoms with Gasteiger partial charge in [0.25, 0.3) is 0 Å². The summed E-state index contributed by atoms with van der Waals surface area (Å²) in [5.74, 6) is 0.199. The summed E-state index contributed by atoms with van der Waals surface area (Å²) in [5, 5.41) is 12.5. The van der Waals surface area contributed by atoms with Gasteiger partial charge in [0, 0.05) is 5.56 Å². The van der Waals surface area contributed by atoms with Gasteiger partial charge in [0.05, 0.1) is 30.0 Å². The Kier molecular flexibility index (Phi) is 7.96. The van der Waals surface area contributed by atoms with Gasteiger partial charge >= 0.3 is 5.97 Å². The number of ether oxygens (including phenoxy) is 2. The minimum atomic E-state index is -0.459. The van der Waals surface area contributed by atoms with E-state index in [4.69, 9.17) is 9.47 Å². The third kappa shape index (κ3) is 6.25. The van der Waals surface area contributed by atoms with Crippen molar-refractivity contribution in [1.29, 1.82) is 0 Å². The number of hydrogen-bond acceptors (Lipinski definition) is 9. The Balaban J connectivity index is 1.60. The predicted octanol–water partition coefficient (Wildman–Crippen LogP) is 3.36. The van der Waals surface area contributed by atoms with Gasteiger partial charge in [-0.25, -0.2) is 4.98 Å². The molecule has 0 spiro atoms. The highest BCUT2D eigenvalue weighted by molar-refractivity contribution is 7.99. The van der Waals surface area contributed by atoms with E-state index in [2.05, 4.69) is 20.5 Å². The first-order chi connectivity index (χ1) is 15.0. The van der Waals surface area contributed by atoms with E-state index in [-0.39, 0.29) is 24.8 Å². The van der Waals surface area contributed by atoms with E-state index in [1.807, 2.05) is 43.3 Å². The molecule has 0 radical (unpaired) electrons. The minimum Gasteiger partial charge on any atom is -0.497 e. The van der Waals surface area contributed by atoms with E-state index in [0.717, 1.165) is 32.6 Å². The maximum absolute atomic E-state index is 11.8. The lowest BCUT2D eigenvalue weighted by Crippen LogP contribution is -2.31. The van der Waals surface area contributed by atoms with Crippen LogP contribution in [0.2, 0.25) is 0 Å². The molecular weight excluding hydrogens is 436 g/mol. The smallest absolute Gasteiger partial charge is 0.325 e. The molecular formula is C21H22N4O4S2. The number of thiazole rings is 1. The number of rotatable bonds is 9. The van der Waals surface area contributed by atoms with E-state index in [1.165, 1.54) is 11.8 Å². The lowest BCUT2D eigenvalue weighted by atomic mass is 10.2. The van der Waals surface area contributed by atoms with Crippen molar-refractivity contribution in [3.8, 4) is 26.9 Å². The van der Waals surface area contributed by atoms with Gasteiger partial charge < -0.3 is 14.8 Å². The van der Waals surface area contributed by atoms with E-state index in [0.29, 0.717) is 5.03 Å². The Bertz CT molecular complexity index is 1040. The van der Waals surface area contributed by atoms with Crippen molar-refractivity contribution in [3.05, 3.63) is 42.1 Å². The molecule has 31 heavy (non-hydrogen) atoms. The van der Waals surface area contributed by atoms with E-state index < -0.39 is 5.97 Å². The molecule has 162 valence electrons. The van der Waals surface area contributed by atoms with Gasteiger partial charge in [0.2, 0.25) is 5.91 Å². The van der Waals surface area contributed by atoms with Crippen LogP contribution in [0.3, 0.4) is 0 Å². The number of aromatic nitrogens is 3. The molecule has 0 bridgehead atoms. The van der Waals surface area contributed by atoms with Crippen molar-refractivity contribution >= 4 is 35.0 Å². The zero-order valence-electron chi connectivity index (χ0n) is 17.4. The second-order valence-electron chi connectivity index (χ2n) is 6.29. The molecule has 0 fully saturated rings. The normalized spacial score (nSPS) is 10.5. The number of amides is 1. The highest BCUT2D eigenvalue weighted by atomic mass is 32.2. The number of nitrogens with one attached hydrogen (secondary N) is 1. The fourth-order valence-corrected chi connectivity index (χ4v) is 4.26. The average molecular weight is 459 g/mol. The summed E-state index contributed by atoms with van der Waals surface area (Å²) in [4.78, 5) is 28.7. The van der Waals surface area contributed by atoms with Gasteiger partial charge in [0.15, 0.2) is 0 Å². The van der Waals surface area contributed by atoms with Gasteiger partial charge in [-0.05, 0) is 50.2 Å². The van der Waals surface area contributed by atoms with Crippen LogP contribution >= 0.6 is 23.1 Å². The van der Waals surface area contributed by atoms with Crippen LogP contribution in [-0.2, 0) is 14.3 Å². The average Bonchev–Trinajstić information content (AvgIpc) is 3.18. The van der Waals surface area contributed by atoms with E-state index >= 15 is 0 Å². The first-order valence-electron chi connectivity index (χ1n) is 9.51. The molecule has 1 amide bonds. The number of benzene rings is 1. The number of nitrogens with zero attached hydrogens (tertiary/aromatic N) is 3. The Labute approximate surface area is 188 Å². The van der Waals surface area contributed by atoms with Crippen LogP contribution in [0.15, 0.2) is 41.4 Å². The Morgan fingerprint density at radius 3 is 2.55 bits per heavy atom. The highest BCUT2D eigenvalue weighted by Crippen LogP contribution is 2.34. The van der Waals surface area contributed by atoms with Crippen LogP contribution in [0.1, 0.15) is 12.6 Å². The Morgan fingerprint density at radius 2 is 1.90 bits per heavy atom. The number of hydrogen-bond donors (Lipinski definition) is 1. The van der Waals surface area contributed by atoms with Crippen molar-refractivity contribution in [3.63, 3.8) is 0 Å². The molecule has 10 heteroatoms. The molecule has 0 aliphatic heterocycles. The summed E-state index contributed by atoms with van der Waals surface area (Å²) >= 11 is 2.79. The lowest BCUT2D eigenvalue weighted by molar-refractivity contribution is -0.143. The van der Waals surface area contributed by atoms with Gasteiger partial charge in [-0.2, -0.15) is 0 Å². The van der Waals surface area contributed by atoms with Crippen LogP contribution in [0, 0.1) is 6.92 Å². The zero-order valence-corrected chi connectivity index (χ0v) is 19.0. The standard InChI is InChI=1S/C21H22N4O4S2/c1-4-29-19(27)11-22-17(26)12-30-18-10-9-16(24-25-18)20-13(2)23-21(31-20)14-5-7-15(28-3)8-6-14/h5-10H,4,11-12H2,1-3H3,(H,22,26). The Hall–Kier alpha value is -2.98. The van der Waals surface area contributed by atoms with Crippen LogP contribution in [0.4, 0.5) is 0 Å². The highest BCUT2D eigenvalue weighted by Gasteiger charge is 2.14. The number of carbonyl (C=O) groups is 2.